The van der Waals surface area contributed by atoms with E-state index in [9.17, 15) is 4.79 Å². The van der Waals surface area contributed by atoms with Crippen molar-refractivity contribution in [2.75, 3.05) is 19.7 Å². The number of pyridine rings is 1. The van der Waals surface area contributed by atoms with Crippen LogP contribution in [0.25, 0.3) is 0 Å². The number of likely N-dealkylation sites (tertiary alicyclic amines) is 1. The maximum atomic E-state index is 12.3. The van der Waals surface area contributed by atoms with E-state index in [2.05, 4.69) is 17.1 Å². The largest absolute Gasteiger partial charge is 0.376 e. The quantitative estimate of drug-likeness (QED) is 0.852. The van der Waals surface area contributed by atoms with Gasteiger partial charge < -0.3 is 9.64 Å². The van der Waals surface area contributed by atoms with Gasteiger partial charge in [-0.1, -0.05) is 36.4 Å². The molecule has 0 atom stereocenters. The van der Waals surface area contributed by atoms with E-state index < -0.39 is 0 Å². The molecule has 4 nitrogen and oxygen atoms in total. The van der Waals surface area contributed by atoms with Gasteiger partial charge >= 0.3 is 0 Å². The molecule has 120 valence electrons. The van der Waals surface area contributed by atoms with Crippen LogP contribution in [-0.2, 0) is 11.3 Å². The minimum Gasteiger partial charge on any atom is -0.376 e. The van der Waals surface area contributed by atoms with Crippen LogP contribution >= 0.6 is 0 Å². The first-order valence-corrected chi connectivity index (χ1v) is 8.15. The zero-order valence-corrected chi connectivity index (χ0v) is 13.2. The standard InChI is InChI=1S/C19H22N2O2/c22-19(18-8-4-5-11-20-18)21-12-9-17(10-13-21)15-23-14-16-6-2-1-3-7-16/h1-8,11,17H,9-10,12-15H2. The molecule has 1 aromatic carbocycles. The highest BCUT2D eigenvalue weighted by molar-refractivity contribution is 5.92. The van der Waals surface area contributed by atoms with Gasteiger partial charge in [0, 0.05) is 25.9 Å². The molecule has 1 saturated heterocycles. The Morgan fingerprint density at radius 3 is 2.52 bits per heavy atom. The molecule has 1 fully saturated rings. The highest BCUT2D eigenvalue weighted by atomic mass is 16.5. The van der Waals surface area contributed by atoms with E-state index in [1.165, 1.54) is 5.56 Å². The summed E-state index contributed by atoms with van der Waals surface area (Å²) in [6.07, 6.45) is 3.65. The van der Waals surface area contributed by atoms with Crippen molar-refractivity contribution in [2.45, 2.75) is 19.4 Å². The predicted octanol–water partition coefficient (Wildman–Crippen LogP) is 3.15. The third kappa shape index (κ3) is 4.39. The normalized spacial score (nSPS) is 15.6. The number of nitrogens with zero attached hydrogens (tertiary/aromatic N) is 2. The topological polar surface area (TPSA) is 42.4 Å². The molecule has 0 radical (unpaired) electrons. The van der Waals surface area contributed by atoms with Crippen LogP contribution < -0.4 is 0 Å². The molecule has 0 N–H and O–H groups in total. The molecule has 23 heavy (non-hydrogen) atoms. The van der Waals surface area contributed by atoms with E-state index in [1.807, 2.05) is 35.2 Å². The highest BCUT2D eigenvalue weighted by Gasteiger charge is 2.24. The molecule has 1 aliphatic rings. The third-order valence-corrected chi connectivity index (χ3v) is 4.25. The number of hydrogen-bond acceptors (Lipinski definition) is 3. The van der Waals surface area contributed by atoms with Gasteiger partial charge in [-0.3, -0.25) is 9.78 Å². The van der Waals surface area contributed by atoms with Crippen LogP contribution in [0.5, 0.6) is 0 Å². The minimum absolute atomic E-state index is 0.0363. The fourth-order valence-electron chi connectivity index (χ4n) is 2.87. The average molecular weight is 310 g/mol. The molecule has 0 bridgehead atoms. The Bertz CT molecular complexity index is 608. The number of piperidine rings is 1. The van der Waals surface area contributed by atoms with Gasteiger partial charge in [-0.15, -0.1) is 0 Å². The Morgan fingerprint density at radius 2 is 1.83 bits per heavy atom. The van der Waals surface area contributed by atoms with Crippen molar-refractivity contribution in [3.8, 4) is 0 Å². The van der Waals surface area contributed by atoms with Gasteiger partial charge in [-0.25, -0.2) is 0 Å². The zero-order chi connectivity index (χ0) is 15.9. The van der Waals surface area contributed by atoms with Gasteiger partial charge in [-0.05, 0) is 36.5 Å². The molecular weight excluding hydrogens is 288 g/mol. The first-order valence-electron chi connectivity index (χ1n) is 8.15. The van der Waals surface area contributed by atoms with Crippen molar-refractivity contribution in [1.29, 1.82) is 0 Å². The van der Waals surface area contributed by atoms with Gasteiger partial charge in [0.25, 0.3) is 5.91 Å². The van der Waals surface area contributed by atoms with E-state index >= 15 is 0 Å². The SMILES string of the molecule is O=C(c1ccccn1)N1CCC(COCc2ccccc2)CC1. The fourth-order valence-corrected chi connectivity index (χ4v) is 2.87. The Hall–Kier alpha value is -2.20. The van der Waals surface area contributed by atoms with Gasteiger partial charge in [0.15, 0.2) is 0 Å². The summed E-state index contributed by atoms with van der Waals surface area (Å²) in [5, 5.41) is 0. The lowest BCUT2D eigenvalue weighted by Gasteiger charge is -2.31. The van der Waals surface area contributed by atoms with Crippen LogP contribution in [0.15, 0.2) is 54.7 Å². The highest BCUT2D eigenvalue weighted by Crippen LogP contribution is 2.19. The summed E-state index contributed by atoms with van der Waals surface area (Å²) < 4.78 is 5.82. The molecule has 1 amide bonds. The van der Waals surface area contributed by atoms with E-state index in [0.29, 0.717) is 18.2 Å². The summed E-state index contributed by atoms with van der Waals surface area (Å²) in [5.74, 6) is 0.570. The van der Waals surface area contributed by atoms with Crippen LogP contribution in [0.3, 0.4) is 0 Å². The Labute approximate surface area is 137 Å². The van der Waals surface area contributed by atoms with Crippen LogP contribution in [-0.4, -0.2) is 35.5 Å². The molecule has 0 spiro atoms. The fraction of sp³-hybridized carbons (Fsp3) is 0.368. The smallest absolute Gasteiger partial charge is 0.272 e. The number of aromatic nitrogens is 1. The maximum Gasteiger partial charge on any atom is 0.272 e. The number of amides is 1. The van der Waals surface area contributed by atoms with Gasteiger partial charge in [0.1, 0.15) is 5.69 Å². The number of carbonyl (C=O) groups is 1. The summed E-state index contributed by atoms with van der Waals surface area (Å²) >= 11 is 0. The Morgan fingerprint density at radius 1 is 1.09 bits per heavy atom. The lowest BCUT2D eigenvalue weighted by Crippen LogP contribution is -2.39. The summed E-state index contributed by atoms with van der Waals surface area (Å²) in [4.78, 5) is 18.4. The Balaban J connectivity index is 1.41. The summed E-state index contributed by atoms with van der Waals surface area (Å²) in [6.45, 7) is 3.00. The molecule has 2 heterocycles. The van der Waals surface area contributed by atoms with Gasteiger partial charge in [0.2, 0.25) is 0 Å². The first-order chi connectivity index (χ1) is 11.3. The predicted molar refractivity (Wildman–Crippen MR) is 89.0 cm³/mol. The molecule has 0 saturated carbocycles. The van der Waals surface area contributed by atoms with Crippen molar-refractivity contribution in [1.82, 2.24) is 9.88 Å². The minimum atomic E-state index is 0.0363. The second-order valence-electron chi connectivity index (χ2n) is 5.95. The number of ether oxygens (including phenoxy) is 1. The second kappa shape index (κ2) is 7.88. The van der Waals surface area contributed by atoms with Crippen LogP contribution in [0.2, 0.25) is 0 Å². The van der Waals surface area contributed by atoms with Crippen molar-refractivity contribution in [3.05, 3.63) is 66.0 Å². The second-order valence-corrected chi connectivity index (χ2v) is 5.95. The number of rotatable bonds is 5. The van der Waals surface area contributed by atoms with Gasteiger partial charge in [0.05, 0.1) is 6.61 Å². The van der Waals surface area contributed by atoms with Crippen molar-refractivity contribution in [3.63, 3.8) is 0 Å². The first kappa shape index (κ1) is 15.7. The molecule has 1 aromatic heterocycles. The molecule has 4 heteroatoms. The zero-order valence-electron chi connectivity index (χ0n) is 13.2. The van der Waals surface area contributed by atoms with Crippen LogP contribution in [0, 0.1) is 5.92 Å². The van der Waals surface area contributed by atoms with Crippen LogP contribution in [0.1, 0.15) is 28.9 Å². The summed E-state index contributed by atoms with van der Waals surface area (Å²) in [7, 11) is 0. The maximum absolute atomic E-state index is 12.3. The van der Waals surface area contributed by atoms with E-state index in [1.54, 1.807) is 12.3 Å². The lowest BCUT2D eigenvalue weighted by atomic mass is 9.97. The lowest BCUT2D eigenvalue weighted by molar-refractivity contribution is 0.0475. The van der Waals surface area contributed by atoms with Crippen molar-refractivity contribution >= 4 is 5.91 Å². The van der Waals surface area contributed by atoms with E-state index in [4.69, 9.17) is 4.74 Å². The third-order valence-electron chi connectivity index (χ3n) is 4.25. The number of carbonyl (C=O) groups excluding carboxylic acids is 1. The molecule has 3 rings (SSSR count). The molecule has 0 unspecified atom stereocenters. The number of benzene rings is 1. The molecular formula is C19H22N2O2. The summed E-state index contributed by atoms with van der Waals surface area (Å²) in [5.41, 5.74) is 1.74. The van der Waals surface area contributed by atoms with E-state index in [-0.39, 0.29) is 5.91 Å². The molecule has 1 aliphatic heterocycles. The van der Waals surface area contributed by atoms with Crippen molar-refractivity contribution in [2.24, 2.45) is 5.92 Å². The monoisotopic (exact) mass is 310 g/mol. The van der Waals surface area contributed by atoms with Crippen LogP contribution in [0.4, 0.5) is 0 Å². The average Bonchev–Trinajstić information content (AvgIpc) is 2.63. The Kier molecular flexibility index (Phi) is 5.37. The van der Waals surface area contributed by atoms with Gasteiger partial charge in [-0.2, -0.15) is 0 Å². The molecule has 2 aromatic rings. The van der Waals surface area contributed by atoms with E-state index in [0.717, 1.165) is 32.5 Å². The molecule has 0 aliphatic carbocycles. The number of hydrogen-bond donors (Lipinski definition) is 0. The summed E-state index contributed by atoms with van der Waals surface area (Å²) in [6, 6.07) is 15.7. The van der Waals surface area contributed by atoms with Crippen molar-refractivity contribution < 1.29 is 9.53 Å².